The molecule has 1 aromatic rings. The van der Waals surface area contributed by atoms with Gasteiger partial charge in [0.1, 0.15) is 0 Å². The molecule has 1 aromatic carbocycles. The molecule has 0 spiro atoms. The van der Waals surface area contributed by atoms with E-state index in [0.717, 1.165) is 18.7 Å². The molecule has 1 heterocycles. The summed E-state index contributed by atoms with van der Waals surface area (Å²) in [6.07, 6.45) is 1.04. The van der Waals surface area contributed by atoms with Crippen molar-refractivity contribution in [1.29, 1.82) is 0 Å². The molecule has 1 aliphatic rings. The summed E-state index contributed by atoms with van der Waals surface area (Å²) in [6, 6.07) is 6.44. The molecule has 0 bridgehead atoms. The second-order valence-electron chi connectivity index (χ2n) is 3.13. The number of aryl methyl sites for hydroxylation is 1. The van der Waals surface area contributed by atoms with Gasteiger partial charge in [-0.25, -0.2) is 6.67 Å². The van der Waals surface area contributed by atoms with Crippen molar-refractivity contribution >= 4 is 5.69 Å². The van der Waals surface area contributed by atoms with Crippen LogP contribution in [-0.4, -0.2) is 13.2 Å². The van der Waals surface area contributed by atoms with Gasteiger partial charge >= 0.3 is 0 Å². The van der Waals surface area contributed by atoms with Crippen LogP contribution in [0.15, 0.2) is 18.2 Å². The Labute approximate surface area is 157 Å². The van der Waals surface area contributed by atoms with E-state index in [0.29, 0.717) is 6.67 Å². The SMILES string of the molecule is Cc1ccc2c(c1)[N-]C[N-]CC2.[Ac].[Ac]. The molecule has 0 aliphatic carbocycles. The summed E-state index contributed by atoms with van der Waals surface area (Å²) in [6.45, 7) is 3.65. The summed E-state index contributed by atoms with van der Waals surface area (Å²) in [4.78, 5) is 0. The monoisotopic (exact) mass is 614 g/mol. The Hall–Kier alpha value is 1.86. The zero-order chi connectivity index (χ0) is 8.39. The summed E-state index contributed by atoms with van der Waals surface area (Å²) in [5, 5.41) is 8.63. The Balaban J connectivity index is 0.000000845. The quantitative estimate of drug-likeness (QED) is 0.431. The summed E-state index contributed by atoms with van der Waals surface area (Å²) in [7, 11) is 0. The number of hydrogen-bond acceptors (Lipinski definition) is 0. The second kappa shape index (κ2) is 8.03. The minimum absolute atomic E-state index is 0. The van der Waals surface area contributed by atoms with Gasteiger partial charge in [0.05, 0.1) is 0 Å². The fourth-order valence-corrected chi connectivity index (χ4v) is 1.43. The van der Waals surface area contributed by atoms with Crippen molar-refractivity contribution in [3.8, 4) is 0 Å². The van der Waals surface area contributed by atoms with Gasteiger partial charge in [0.2, 0.25) is 0 Å². The van der Waals surface area contributed by atoms with E-state index in [-0.39, 0.29) is 88.1 Å². The van der Waals surface area contributed by atoms with Gasteiger partial charge in [-0.2, -0.15) is 0 Å². The topological polar surface area (TPSA) is 28.2 Å². The van der Waals surface area contributed by atoms with Crippen LogP contribution in [0.4, 0.5) is 5.69 Å². The average molecular weight is 614 g/mol. The van der Waals surface area contributed by atoms with Gasteiger partial charge in [-0.15, -0.1) is 12.2 Å². The van der Waals surface area contributed by atoms with E-state index in [1.807, 2.05) is 0 Å². The van der Waals surface area contributed by atoms with Crippen molar-refractivity contribution in [2.45, 2.75) is 13.3 Å². The second-order valence-corrected chi connectivity index (χ2v) is 3.13. The van der Waals surface area contributed by atoms with Crippen LogP contribution in [0.2, 0.25) is 0 Å². The molecule has 0 atom stereocenters. The van der Waals surface area contributed by atoms with Crippen LogP contribution < -0.4 is 0 Å². The fourth-order valence-electron chi connectivity index (χ4n) is 1.43. The molecule has 0 unspecified atom stereocenters. The zero-order valence-corrected chi connectivity index (χ0v) is 17.9. The van der Waals surface area contributed by atoms with Crippen LogP contribution in [0, 0.1) is 95.0 Å². The Bertz CT molecular complexity index is 289. The van der Waals surface area contributed by atoms with Crippen LogP contribution in [0.1, 0.15) is 11.1 Å². The third-order valence-corrected chi connectivity index (χ3v) is 2.12. The smallest absolute Gasteiger partial charge is 0 e. The molecule has 1 aliphatic heterocycles. The Kier molecular flexibility index (Phi) is 9.10. The Morgan fingerprint density at radius 3 is 2.79 bits per heavy atom. The number of rotatable bonds is 0. The molecular formula is C10H12Ac2N2-2. The van der Waals surface area contributed by atoms with Gasteiger partial charge in [-0.1, -0.05) is 29.3 Å². The molecular weight excluding hydrogens is 602 g/mol. The standard InChI is InChI=1S/C10H12N2.2Ac/c1-8-2-3-9-4-5-11-7-12-10(9)6-8;;/h2-3,6H,4-5,7H2,1H3;;/q-2;;. The Morgan fingerprint density at radius 1 is 1.21 bits per heavy atom. The zero-order valence-electron chi connectivity index (χ0n) is 8.40. The third-order valence-electron chi connectivity index (χ3n) is 2.12. The van der Waals surface area contributed by atoms with Crippen LogP contribution in [0.5, 0.6) is 0 Å². The molecule has 0 saturated heterocycles. The van der Waals surface area contributed by atoms with Crippen LogP contribution in [-0.2, 0) is 6.42 Å². The van der Waals surface area contributed by atoms with Crippen molar-refractivity contribution < 1.29 is 88.1 Å². The van der Waals surface area contributed by atoms with E-state index in [1.165, 1.54) is 11.1 Å². The van der Waals surface area contributed by atoms with E-state index in [9.17, 15) is 0 Å². The van der Waals surface area contributed by atoms with Crippen LogP contribution in [0.25, 0.3) is 10.6 Å². The van der Waals surface area contributed by atoms with E-state index in [4.69, 9.17) is 0 Å². The molecule has 14 heavy (non-hydrogen) atoms. The van der Waals surface area contributed by atoms with Crippen molar-refractivity contribution in [1.82, 2.24) is 0 Å². The van der Waals surface area contributed by atoms with E-state index in [1.54, 1.807) is 0 Å². The number of fused-ring (bicyclic) bond motifs is 1. The summed E-state index contributed by atoms with van der Waals surface area (Å²) in [5.74, 6) is 0. The summed E-state index contributed by atoms with van der Waals surface area (Å²) >= 11 is 0. The molecule has 0 saturated carbocycles. The van der Waals surface area contributed by atoms with Gasteiger partial charge in [-0.3, -0.25) is 0 Å². The van der Waals surface area contributed by atoms with Gasteiger partial charge in [0, 0.05) is 88.1 Å². The maximum atomic E-state index is 4.38. The molecule has 0 N–H and O–H groups in total. The fraction of sp³-hybridized carbons (Fsp3) is 0.400. The van der Waals surface area contributed by atoms with E-state index in [2.05, 4.69) is 35.8 Å². The summed E-state index contributed by atoms with van der Waals surface area (Å²) in [5.41, 5.74) is 3.75. The van der Waals surface area contributed by atoms with E-state index >= 15 is 0 Å². The minimum Gasteiger partial charge on any atom is -0.701 e. The number of hydrogen-bond donors (Lipinski definition) is 0. The molecule has 0 aromatic heterocycles. The molecule has 2 nitrogen and oxygen atoms in total. The molecule has 2 radical (unpaired) electrons. The predicted molar refractivity (Wildman–Crippen MR) is 51.0 cm³/mol. The number of nitrogens with zero attached hydrogens (tertiary/aromatic N) is 2. The van der Waals surface area contributed by atoms with Gasteiger partial charge in [0.25, 0.3) is 0 Å². The molecule has 70 valence electrons. The maximum absolute atomic E-state index is 4.38. The molecule has 4 heteroatoms. The van der Waals surface area contributed by atoms with Crippen LogP contribution >= 0.6 is 0 Å². The summed E-state index contributed by atoms with van der Waals surface area (Å²) < 4.78 is 0. The number of benzene rings is 1. The average Bonchev–Trinajstić information content (AvgIpc) is 2.28. The molecule has 0 fully saturated rings. The van der Waals surface area contributed by atoms with Crippen molar-refractivity contribution in [2.24, 2.45) is 0 Å². The first-order valence-corrected chi connectivity index (χ1v) is 4.26. The van der Waals surface area contributed by atoms with Gasteiger partial charge in [-0.05, 0) is 13.3 Å². The normalized spacial score (nSPS) is 13.8. The molecule has 2 rings (SSSR count). The minimum atomic E-state index is 0. The molecule has 0 amide bonds. The van der Waals surface area contributed by atoms with Crippen LogP contribution in [0.3, 0.4) is 0 Å². The first kappa shape index (κ1) is 15.9. The third kappa shape index (κ3) is 4.39. The van der Waals surface area contributed by atoms with Crippen molar-refractivity contribution in [3.63, 3.8) is 0 Å². The Morgan fingerprint density at radius 2 is 2.00 bits per heavy atom. The first-order chi connectivity index (χ1) is 5.86. The predicted octanol–water partition coefficient (Wildman–Crippen LogP) is 2.89. The largest absolute Gasteiger partial charge is 0.701 e. The van der Waals surface area contributed by atoms with Gasteiger partial charge < -0.3 is 10.6 Å². The van der Waals surface area contributed by atoms with Crippen molar-refractivity contribution in [2.75, 3.05) is 13.2 Å². The van der Waals surface area contributed by atoms with Gasteiger partial charge in [0.15, 0.2) is 0 Å². The van der Waals surface area contributed by atoms with Crippen molar-refractivity contribution in [3.05, 3.63) is 40.0 Å². The maximum Gasteiger partial charge on any atom is 0 e. The first-order valence-electron chi connectivity index (χ1n) is 4.26. The van der Waals surface area contributed by atoms with E-state index < -0.39 is 0 Å².